The van der Waals surface area contributed by atoms with E-state index in [0.717, 1.165) is 36.8 Å². The Morgan fingerprint density at radius 3 is 2.20 bits per heavy atom. The van der Waals surface area contributed by atoms with E-state index in [9.17, 15) is 24.3 Å². The van der Waals surface area contributed by atoms with Crippen molar-refractivity contribution in [3.05, 3.63) is 96.1 Å². The molecule has 0 saturated carbocycles. The van der Waals surface area contributed by atoms with E-state index in [1.165, 1.54) is 4.90 Å². The first kappa shape index (κ1) is 39.8. The number of aliphatic carboxylic acids is 1. The second kappa shape index (κ2) is 19.2. The number of hydrogen-bond donors (Lipinski definition) is 3. The van der Waals surface area contributed by atoms with Gasteiger partial charge in [-0.2, -0.15) is 0 Å². The third kappa shape index (κ3) is 9.89. The molecule has 11 nitrogen and oxygen atoms in total. The van der Waals surface area contributed by atoms with Gasteiger partial charge < -0.3 is 25.4 Å². The van der Waals surface area contributed by atoms with Crippen molar-refractivity contribution in [3.63, 3.8) is 0 Å². The molecule has 3 heterocycles. The molecule has 3 aliphatic heterocycles. The summed E-state index contributed by atoms with van der Waals surface area (Å²) in [5.41, 5.74) is 2.43. The Hall–Kier alpha value is -4.84. The molecule has 3 unspecified atom stereocenters. The number of rotatable bonds is 14. The quantitative estimate of drug-likeness (QED) is 0.192. The highest BCUT2D eigenvalue weighted by Crippen LogP contribution is 2.36. The minimum Gasteiger partial charge on any atom is -0.495 e. The Balaban J connectivity index is 1.30. The molecule has 3 fully saturated rings. The maximum Gasteiger partial charge on any atom is 0.326 e. The number of benzene rings is 3. The number of thioether (sulfide) groups is 1. The van der Waals surface area contributed by atoms with E-state index in [4.69, 9.17) is 4.74 Å². The standard InChI is InChI=1S/C43H52N4O7S/c1-54-37-20-9-8-17-34(37)46(35-18-10-11-25-44-40(35)49)41(50)32(28-30-15-6-3-7-16-30)23-22-31(27-29-13-4-2-5-14-29)39(48)45-33-24-26-55-38-21-12-19-36(43(52)53)47(38)42(33)51/h2-9,13-17,20,31-33,35-36,38H,10-12,18-19,21-28H2,1H3,(H,44,49)(H,45,48)(H,52,53)/t31-,32-,33?,35+,36?,38?/m1/s1. The van der Waals surface area contributed by atoms with Crippen molar-refractivity contribution < 1.29 is 33.8 Å². The highest BCUT2D eigenvalue weighted by Gasteiger charge is 2.44. The van der Waals surface area contributed by atoms with Gasteiger partial charge in [-0.15, -0.1) is 11.8 Å². The van der Waals surface area contributed by atoms with Crippen LogP contribution in [0.25, 0.3) is 0 Å². The van der Waals surface area contributed by atoms with E-state index in [1.54, 1.807) is 29.8 Å². The predicted octanol–water partition coefficient (Wildman–Crippen LogP) is 5.61. The Bertz CT molecular complexity index is 1790. The minimum atomic E-state index is -1.02. The van der Waals surface area contributed by atoms with Gasteiger partial charge >= 0.3 is 5.97 Å². The first-order valence-corrected chi connectivity index (χ1v) is 20.6. The normalized spacial score (nSPS) is 22.5. The Kier molecular flexibility index (Phi) is 13.9. The molecular formula is C43H52N4O7S. The van der Waals surface area contributed by atoms with E-state index in [1.807, 2.05) is 78.9 Å². The summed E-state index contributed by atoms with van der Waals surface area (Å²) in [5, 5.41) is 15.8. The van der Waals surface area contributed by atoms with Gasteiger partial charge in [-0.25, -0.2) is 4.79 Å². The third-order valence-electron chi connectivity index (χ3n) is 11.1. The number of carbonyl (C=O) groups excluding carboxylic acids is 4. The smallest absolute Gasteiger partial charge is 0.326 e. The third-order valence-corrected chi connectivity index (χ3v) is 12.4. The van der Waals surface area contributed by atoms with Crippen molar-refractivity contribution in [2.24, 2.45) is 11.8 Å². The number of ether oxygens (including phenoxy) is 1. The van der Waals surface area contributed by atoms with Gasteiger partial charge in [0.2, 0.25) is 23.6 Å². The number of nitrogens with one attached hydrogen (secondary N) is 2. The van der Waals surface area contributed by atoms with Crippen LogP contribution in [0.15, 0.2) is 84.9 Å². The zero-order valence-corrected chi connectivity index (χ0v) is 32.3. The van der Waals surface area contributed by atoms with Gasteiger partial charge in [0.15, 0.2) is 0 Å². The Morgan fingerprint density at radius 2 is 1.51 bits per heavy atom. The maximum atomic E-state index is 15.1. The van der Waals surface area contributed by atoms with E-state index in [0.29, 0.717) is 68.7 Å². The number of amides is 4. The number of anilines is 1. The van der Waals surface area contributed by atoms with Crippen LogP contribution in [0, 0.1) is 11.8 Å². The van der Waals surface area contributed by atoms with Gasteiger partial charge in [0.25, 0.3) is 0 Å². The average Bonchev–Trinajstić information content (AvgIpc) is 3.51. The molecule has 3 aromatic rings. The first-order chi connectivity index (χ1) is 26.7. The molecule has 3 aromatic carbocycles. The van der Waals surface area contributed by atoms with Crippen molar-refractivity contribution in [2.75, 3.05) is 24.3 Å². The van der Waals surface area contributed by atoms with Crippen molar-refractivity contribution in [2.45, 2.75) is 94.1 Å². The highest BCUT2D eigenvalue weighted by atomic mass is 32.2. The van der Waals surface area contributed by atoms with E-state index >= 15 is 4.79 Å². The zero-order valence-electron chi connectivity index (χ0n) is 31.4. The van der Waals surface area contributed by atoms with Crippen LogP contribution in [-0.2, 0) is 36.8 Å². The topological polar surface area (TPSA) is 145 Å². The number of nitrogens with zero attached hydrogens (tertiary/aromatic N) is 2. The number of fused-ring (bicyclic) bond motifs is 1. The van der Waals surface area contributed by atoms with Gasteiger partial charge in [-0.1, -0.05) is 72.8 Å². The van der Waals surface area contributed by atoms with Gasteiger partial charge in [-0.05, 0) is 99.6 Å². The molecule has 3 saturated heterocycles. The number of carboxylic acids is 1. The molecule has 0 radical (unpaired) electrons. The molecule has 6 atom stereocenters. The van der Waals surface area contributed by atoms with Crippen molar-refractivity contribution in [1.29, 1.82) is 0 Å². The minimum absolute atomic E-state index is 0.205. The number of piperidine rings is 1. The van der Waals surface area contributed by atoms with Crippen LogP contribution in [0.4, 0.5) is 5.69 Å². The van der Waals surface area contributed by atoms with Gasteiger partial charge in [0.1, 0.15) is 23.9 Å². The lowest BCUT2D eigenvalue weighted by Crippen LogP contribution is -2.57. The molecule has 0 bridgehead atoms. The molecule has 12 heteroatoms. The summed E-state index contributed by atoms with van der Waals surface area (Å²) >= 11 is 1.58. The lowest BCUT2D eigenvalue weighted by Gasteiger charge is -2.39. The van der Waals surface area contributed by atoms with E-state index in [-0.39, 0.29) is 29.0 Å². The van der Waals surface area contributed by atoms with Gasteiger partial charge in [0, 0.05) is 18.4 Å². The van der Waals surface area contributed by atoms with Crippen molar-refractivity contribution in [3.8, 4) is 5.75 Å². The van der Waals surface area contributed by atoms with E-state index in [2.05, 4.69) is 10.6 Å². The fourth-order valence-electron chi connectivity index (χ4n) is 8.19. The summed E-state index contributed by atoms with van der Waals surface area (Å²) in [6.07, 6.45) is 5.79. The number of carbonyl (C=O) groups is 5. The highest BCUT2D eigenvalue weighted by molar-refractivity contribution is 7.99. The summed E-state index contributed by atoms with van der Waals surface area (Å²) < 4.78 is 5.73. The zero-order chi connectivity index (χ0) is 38.7. The maximum absolute atomic E-state index is 15.1. The van der Waals surface area contributed by atoms with E-state index < -0.39 is 35.9 Å². The molecule has 55 heavy (non-hydrogen) atoms. The van der Waals surface area contributed by atoms with Crippen LogP contribution in [-0.4, -0.2) is 82.5 Å². The number of carboxylic acid groups (broad SMARTS) is 1. The average molecular weight is 769 g/mol. The summed E-state index contributed by atoms with van der Waals surface area (Å²) in [6.45, 7) is 0.546. The Labute approximate surface area is 327 Å². The van der Waals surface area contributed by atoms with Crippen molar-refractivity contribution in [1.82, 2.24) is 15.5 Å². The van der Waals surface area contributed by atoms with Crippen LogP contribution < -0.4 is 20.3 Å². The fourth-order valence-corrected chi connectivity index (χ4v) is 9.58. The van der Waals surface area contributed by atoms with Crippen LogP contribution in [0.2, 0.25) is 0 Å². The molecule has 0 aliphatic carbocycles. The molecule has 6 rings (SSSR count). The van der Waals surface area contributed by atoms with Crippen LogP contribution in [0.3, 0.4) is 0 Å². The molecular weight excluding hydrogens is 717 g/mol. The first-order valence-electron chi connectivity index (χ1n) is 19.5. The van der Waals surface area contributed by atoms with Gasteiger partial charge in [0.05, 0.1) is 18.2 Å². The van der Waals surface area contributed by atoms with Crippen LogP contribution >= 0.6 is 11.8 Å². The summed E-state index contributed by atoms with van der Waals surface area (Å²) in [6, 6.07) is 24.2. The Morgan fingerprint density at radius 1 is 0.855 bits per heavy atom. The molecule has 0 aromatic heterocycles. The molecule has 3 N–H and O–H groups in total. The van der Waals surface area contributed by atoms with Crippen LogP contribution in [0.5, 0.6) is 5.75 Å². The monoisotopic (exact) mass is 768 g/mol. The molecule has 3 aliphatic rings. The molecule has 0 spiro atoms. The second-order valence-corrected chi connectivity index (χ2v) is 16.0. The fraction of sp³-hybridized carbons (Fsp3) is 0.465. The number of para-hydroxylation sites is 2. The van der Waals surface area contributed by atoms with Gasteiger partial charge in [-0.3, -0.25) is 24.1 Å². The van der Waals surface area contributed by atoms with Crippen LogP contribution in [0.1, 0.15) is 68.9 Å². The SMILES string of the molecule is COc1ccccc1N(C(=O)[C@H](CC[C@H](Cc1ccccc1)C(=O)NC1CCSC2CCCC(C(=O)O)N2C1=O)Cc1ccccc1)[C@H]1CCCCNC1=O. The lowest BCUT2D eigenvalue weighted by atomic mass is 9.86. The summed E-state index contributed by atoms with van der Waals surface area (Å²) in [4.78, 5) is 72.4. The predicted molar refractivity (Wildman–Crippen MR) is 213 cm³/mol. The number of hydrogen-bond acceptors (Lipinski definition) is 7. The second-order valence-electron chi connectivity index (χ2n) is 14.7. The lowest BCUT2D eigenvalue weighted by molar-refractivity contribution is -0.154. The molecule has 4 amide bonds. The number of methoxy groups -OCH3 is 1. The van der Waals surface area contributed by atoms with Crippen molar-refractivity contribution >= 4 is 47.0 Å². The summed E-state index contributed by atoms with van der Waals surface area (Å²) in [5.74, 6) is -2.18. The molecule has 292 valence electrons. The largest absolute Gasteiger partial charge is 0.495 e. The summed E-state index contributed by atoms with van der Waals surface area (Å²) in [7, 11) is 1.55.